The number of carbonyl (C=O) groups excluding carboxylic acids is 1. The van der Waals surface area contributed by atoms with Crippen LogP contribution in [0.15, 0.2) is 121 Å². The van der Waals surface area contributed by atoms with Crippen molar-refractivity contribution in [2.75, 3.05) is 0 Å². The minimum absolute atomic E-state index is 0.0310. The number of carbonyl (C=O) groups is 1. The highest BCUT2D eigenvalue weighted by Crippen LogP contribution is 2.29. The summed E-state index contributed by atoms with van der Waals surface area (Å²) in [5, 5.41) is 6.19. The molecule has 4 aromatic carbocycles. The van der Waals surface area contributed by atoms with E-state index in [1.165, 1.54) is 0 Å². The van der Waals surface area contributed by atoms with Crippen molar-refractivity contribution in [3.05, 3.63) is 137 Å². The standard InChI is InChI=1S/C31H26N2OS/c34-30(20-28(24-10-4-1-5-11-24)25-12-6-2-7-13-25)32-21-23-16-18-27(19-17-23)31-33-29(22-35-31)26-14-8-3-9-15-26/h1-19,22,28H,20-21H2,(H,32,34). The quantitative estimate of drug-likeness (QED) is 0.256. The maximum Gasteiger partial charge on any atom is 0.221 e. The van der Waals surface area contributed by atoms with E-state index in [2.05, 4.69) is 71.4 Å². The number of amides is 1. The maximum absolute atomic E-state index is 12.9. The summed E-state index contributed by atoms with van der Waals surface area (Å²) >= 11 is 1.64. The Morgan fingerprint density at radius 2 is 1.29 bits per heavy atom. The maximum atomic E-state index is 12.9. The van der Waals surface area contributed by atoms with Crippen LogP contribution in [0, 0.1) is 0 Å². The van der Waals surface area contributed by atoms with Gasteiger partial charge in [-0.25, -0.2) is 4.98 Å². The molecule has 3 nitrogen and oxygen atoms in total. The van der Waals surface area contributed by atoms with Crippen LogP contribution < -0.4 is 5.32 Å². The van der Waals surface area contributed by atoms with Crippen molar-refractivity contribution in [1.82, 2.24) is 10.3 Å². The summed E-state index contributed by atoms with van der Waals surface area (Å²) in [6.45, 7) is 0.503. The first-order valence-corrected chi connectivity index (χ1v) is 12.6. The topological polar surface area (TPSA) is 42.0 Å². The van der Waals surface area contributed by atoms with E-state index in [1.807, 2.05) is 54.6 Å². The number of nitrogens with zero attached hydrogens (tertiary/aromatic N) is 1. The molecule has 0 fully saturated rings. The third-order valence-electron chi connectivity index (χ3n) is 6.06. The van der Waals surface area contributed by atoms with Crippen molar-refractivity contribution in [1.29, 1.82) is 0 Å². The van der Waals surface area contributed by atoms with Crippen LogP contribution >= 0.6 is 11.3 Å². The number of aromatic nitrogens is 1. The van der Waals surface area contributed by atoms with Gasteiger partial charge in [-0.05, 0) is 16.7 Å². The SMILES string of the molecule is O=C(CC(c1ccccc1)c1ccccc1)NCc1ccc(-c2nc(-c3ccccc3)cs2)cc1. The van der Waals surface area contributed by atoms with Gasteiger partial charge in [-0.15, -0.1) is 11.3 Å². The predicted molar refractivity (Wildman–Crippen MR) is 144 cm³/mol. The largest absolute Gasteiger partial charge is 0.352 e. The molecule has 1 heterocycles. The lowest BCUT2D eigenvalue weighted by atomic mass is 9.88. The Morgan fingerprint density at radius 3 is 1.89 bits per heavy atom. The molecule has 0 aliphatic heterocycles. The Kier molecular flexibility index (Phi) is 7.11. The van der Waals surface area contributed by atoms with Crippen LogP contribution in [0.4, 0.5) is 0 Å². The Labute approximate surface area is 210 Å². The second-order valence-electron chi connectivity index (χ2n) is 8.46. The van der Waals surface area contributed by atoms with Crippen molar-refractivity contribution in [2.24, 2.45) is 0 Å². The molecule has 172 valence electrons. The Balaban J connectivity index is 1.22. The van der Waals surface area contributed by atoms with Gasteiger partial charge in [0.1, 0.15) is 5.01 Å². The molecule has 0 unspecified atom stereocenters. The van der Waals surface area contributed by atoms with Gasteiger partial charge in [-0.2, -0.15) is 0 Å². The van der Waals surface area contributed by atoms with Gasteiger partial charge in [-0.3, -0.25) is 4.79 Å². The van der Waals surface area contributed by atoms with Crippen molar-refractivity contribution in [3.8, 4) is 21.8 Å². The Morgan fingerprint density at radius 1 is 0.714 bits per heavy atom. The first-order chi connectivity index (χ1) is 17.3. The van der Waals surface area contributed by atoms with Crippen LogP contribution in [0.2, 0.25) is 0 Å². The van der Waals surface area contributed by atoms with E-state index in [9.17, 15) is 4.79 Å². The van der Waals surface area contributed by atoms with E-state index in [-0.39, 0.29) is 11.8 Å². The number of benzene rings is 4. The molecule has 0 atom stereocenters. The molecule has 0 aliphatic carbocycles. The summed E-state index contributed by atoms with van der Waals surface area (Å²) in [7, 11) is 0. The number of nitrogens with one attached hydrogen (secondary N) is 1. The van der Waals surface area contributed by atoms with Crippen LogP contribution in [0.3, 0.4) is 0 Å². The summed E-state index contributed by atoms with van der Waals surface area (Å²) in [4.78, 5) is 17.7. The molecule has 0 saturated carbocycles. The first kappa shape index (κ1) is 22.8. The van der Waals surface area contributed by atoms with Crippen LogP contribution in [0.5, 0.6) is 0 Å². The highest BCUT2D eigenvalue weighted by molar-refractivity contribution is 7.13. The second kappa shape index (κ2) is 10.9. The number of rotatable bonds is 8. The van der Waals surface area contributed by atoms with Crippen molar-refractivity contribution in [3.63, 3.8) is 0 Å². The minimum Gasteiger partial charge on any atom is -0.352 e. The van der Waals surface area contributed by atoms with Crippen LogP contribution in [-0.4, -0.2) is 10.9 Å². The Bertz CT molecular complexity index is 1320. The highest BCUT2D eigenvalue weighted by Gasteiger charge is 2.18. The van der Waals surface area contributed by atoms with E-state index >= 15 is 0 Å². The summed E-state index contributed by atoms with van der Waals surface area (Å²) in [6.07, 6.45) is 0.410. The fourth-order valence-electron chi connectivity index (χ4n) is 4.17. The molecule has 0 spiro atoms. The first-order valence-electron chi connectivity index (χ1n) is 11.7. The molecule has 0 aliphatic rings. The molecular formula is C31H26N2OS. The van der Waals surface area contributed by atoms with Crippen LogP contribution in [0.1, 0.15) is 29.0 Å². The molecule has 0 saturated heterocycles. The monoisotopic (exact) mass is 474 g/mol. The van der Waals surface area contributed by atoms with Gasteiger partial charge >= 0.3 is 0 Å². The lowest BCUT2D eigenvalue weighted by Gasteiger charge is -2.18. The lowest BCUT2D eigenvalue weighted by Crippen LogP contribution is -2.25. The number of hydrogen-bond acceptors (Lipinski definition) is 3. The van der Waals surface area contributed by atoms with E-state index in [4.69, 9.17) is 4.98 Å². The average Bonchev–Trinajstić information content (AvgIpc) is 3.43. The molecule has 1 aromatic heterocycles. The third-order valence-corrected chi connectivity index (χ3v) is 6.95. The smallest absolute Gasteiger partial charge is 0.221 e. The van der Waals surface area contributed by atoms with E-state index in [0.29, 0.717) is 13.0 Å². The van der Waals surface area contributed by atoms with Crippen LogP contribution in [0.25, 0.3) is 21.8 Å². The molecule has 1 amide bonds. The highest BCUT2D eigenvalue weighted by atomic mass is 32.1. The zero-order valence-electron chi connectivity index (χ0n) is 19.3. The van der Waals surface area contributed by atoms with Gasteiger partial charge in [0, 0.05) is 35.4 Å². The molecule has 4 heteroatoms. The fraction of sp³-hybridized carbons (Fsp3) is 0.0968. The predicted octanol–water partition coefficient (Wildman–Crippen LogP) is 7.32. The molecule has 0 radical (unpaired) electrons. The molecular weight excluding hydrogens is 448 g/mol. The van der Waals surface area contributed by atoms with Crippen LogP contribution in [-0.2, 0) is 11.3 Å². The summed E-state index contributed by atoms with van der Waals surface area (Å²) in [5.74, 6) is 0.0719. The second-order valence-corrected chi connectivity index (χ2v) is 9.31. The lowest BCUT2D eigenvalue weighted by molar-refractivity contribution is -0.121. The third kappa shape index (κ3) is 5.73. The summed E-state index contributed by atoms with van der Waals surface area (Å²) < 4.78 is 0. The fourth-order valence-corrected chi connectivity index (χ4v) is 5.01. The summed E-state index contributed by atoms with van der Waals surface area (Å²) in [6, 6.07) is 38.9. The van der Waals surface area contributed by atoms with Gasteiger partial charge in [0.15, 0.2) is 0 Å². The van der Waals surface area contributed by atoms with E-state index in [0.717, 1.165) is 38.5 Å². The molecule has 35 heavy (non-hydrogen) atoms. The van der Waals surface area contributed by atoms with Gasteiger partial charge in [0.2, 0.25) is 5.91 Å². The van der Waals surface area contributed by atoms with Crippen molar-refractivity contribution < 1.29 is 4.79 Å². The molecule has 1 N–H and O–H groups in total. The van der Waals surface area contributed by atoms with E-state index < -0.39 is 0 Å². The minimum atomic E-state index is 0.0310. The molecule has 5 rings (SSSR count). The zero-order valence-corrected chi connectivity index (χ0v) is 20.1. The van der Waals surface area contributed by atoms with Gasteiger partial charge in [0.25, 0.3) is 0 Å². The number of thiazole rings is 1. The Hall–Kier alpha value is -4.02. The molecule has 0 bridgehead atoms. The van der Waals surface area contributed by atoms with Gasteiger partial charge in [-0.1, -0.05) is 115 Å². The average molecular weight is 475 g/mol. The zero-order chi connectivity index (χ0) is 23.9. The van der Waals surface area contributed by atoms with Gasteiger partial charge in [0.05, 0.1) is 5.69 Å². The van der Waals surface area contributed by atoms with E-state index in [1.54, 1.807) is 11.3 Å². The normalized spacial score (nSPS) is 10.9. The van der Waals surface area contributed by atoms with Crippen molar-refractivity contribution >= 4 is 17.2 Å². The summed E-state index contributed by atoms with van der Waals surface area (Å²) in [5.41, 5.74) is 6.57. The molecule has 5 aromatic rings. The van der Waals surface area contributed by atoms with Crippen molar-refractivity contribution in [2.45, 2.75) is 18.9 Å². The number of hydrogen-bond donors (Lipinski definition) is 1. The van der Waals surface area contributed by atoms with Gasteiger partial charge < -0.3 is 5.32 Å².